The van der Waals surface area contributed by atoms with Crippen molar-refractivity contribution in [1.29, 1.82) is 0 Å². The molecule has 2 rings (SSSR count). The van der Waals surface area contributed by atoms with Crippen LogP contribution in [-0.2, 0) is 6.42 Å². The molecule has 1 saturated carbocycles. The van der Waals surface area contributed by atoms with E-state index in [2.05, 4.69) is 54.2 Å². The molecular weight excluding hydrogens is 330 g/mol. The van der Waals surface area contributed by atoms with E-state index in [1.165, 1.54) is 40.8 Å². The lowest BCUT2D eigenvalue weighted by Crippen LogP contribution is -2.37. The minimum absolute atomic E-state index is 0.536. The van der Waals surface area contributed by atoms with Gasteiger partial charge in [-0.3, -0.25) is 0 Å². The third-order valence-electron chi connectivity index (χ3n) is 5.18. The molecule has 1 aliphatic carbocycles. The summed E-state index contributed by atoms with van der Waals surface area (Å²) in [6.07, 6.45) is 8.01. The predicted molar refractivity (Wildman–Crippen MR) is 93.5 cm³/mol. The maximum absolute atomic E-state index is 3.76. The molecule has 0 spiro atoms. The summed E-state index contributed by atoms with van der Waals surface area (Å²) in [6, 6.07) is 5.14. The van der Waals surface area contributed by atoms with Crippen LogP contribution in [0.4, 0.5) is 0 Å². The molecule has 0 aliphatic heterocycles. The Labute approximate surface area is 136 Å². The average Bonchev–Trinajstić information content (AvgIpc) is 2.85. The Morgan fingerprint density at radius 2 is 1.95 bits per heavy atom. The van der Waals surface area contributed by atoms with Gasteiger partial charge in [0.1, 0.15) is 0 Å². The molecule has 20 heavy (non-hydrogen) atoms. The van der Waals surface area contributed by atoms with Gasteiger partial charge in [0.25, 0.3) is 0 Å². The molecule has 0 saturated heterocycles. The molecule has 114 valence electrons. The van der Waals surface area contributed by atoms with Gasteiger partial charge < -0.3 is 5.32 Å². The first-order valence-electron chi connectivity index (χ1n) is 7.99. The lowest BCUT2D eigenvalue weighted by atomic mass is 9.69. The van der Waals surface area contributed by atoms with Gasteiger partial charge >= 0.3 is 0 Å². The minimum atomic E-state index is 0.536. The summed E-state index contributed by atoms with van der Waals surface area (Å²) in [6.45, 7) is 8.35. The summed E-state index contributed by atoms with van der Waals surface area (Å²) in [5.74, 6) is 0.929. The quantitative estimate of drug-likeness (QED) is 0.694. The number of hydrogen-bond donors (Lipinski definition) is 1. The number of thiophene rings is 1. The van der Waals surface area contributed by atoms with Crippen LogP contribution >= 0.6 is 27.3 Å². The number of halogens is 1. The van der Waals surface area contributed by atoms with Gasteiger partial charge in [0.05, 0.1) is 3.79 Å². The van der Waals surface area contributed by atoms with E-state index in [-0.39, 0.29) is 0 Å². The van der Waals surface area contributed by atoms with Crippen molar-refractivity contribution in [2.75, 3.05) is 6.54 Å². The molecule has 0 aromatic carbocycles. The van der Waals surface area contributed by atoms with Crippen molar-refractivity contribution in [3.63, 3.8) is 0 Å². The Balaban J connectivity index is 1.67. The van der Waals surface area contributed by atoms with Crippen LogP contribution in [0.1, 0.15) is 57.8 Å². The first kappa shape index (κ1) is 16.5. The SMILES string of the molecule is CCC(C)(C)C1CCC(NCCc2ccc(Br)s2)CC1. The zero-order valence-corrected chi connectivity index (χ0v) is 15.4. The van der Waals surface area contributed by atoms with Crippen LogP contribution in [0.5, 0.6) is 0 Å². The Hall–Kier alpha value is 0.140. The van der Waals surface area contributed by atoms with Crippen LogP contribution in [0.3, 0.4) is 0 Å². The summed E-state index contributed by atoms with van der Waals surface area (Å²) >= 11 is 5.39. The van der Waals surface area contributed by atoms with E-state index in [0.29, 0.717) is 5.41 Å². The van der Waals surface area contributed by atoms with Crippen LogP contribution in [-0.4, -0.2) is 12.6 Å². The second-order valence-corrected chi connectivity index (χ2v) is 9.35. The normalized spacial score (nSPS) is 24.0. The first-order valence-corrected chi connectivity index (χ1v) is 9.60. The van der Waals surface area contributed by atoms with Crippen molar-refractivity contribution in [3.8, 4) is 0 Å². The molecule has 1 aromatic heterocycles. The maximum Gasteiger partial charge on any atom is 0.0701 e. The molecular formula is C17H28BrNS. The fourth-order valence-corrected chi connectivity index (χ4v) is 4.74. The Morgan fingerprint density at radius 3 is 2.50 bits per heavy atom. The van der Waals surface area contributed by atoms with Crippen molar-refractivity contribution >= 4 is 27.3 Å². The second kappa shape index (κ2) is 7.42. The third-order valence-corrected chi connectivity index (χ3v) is 6.86. The van der Waals surface area contributed by atoms with Crippen molar-refractivity contribution in [2.24, 2.45) is 11.3 Å². The van der Waals surface area contributed by atoms with E-state index in [0.717, 1.165) is 24.9 Å². The summed E-state index contributed by atoms with van der Waals surface area (Å²) in [7, 11) is 0. The van der Waals surface area contributed by atoms with E-state index in [9.17, 15) is 0 Å². The highest BCUT2D eigenvalue weighted by Crippen LogP contribution is 2.40. The second-order valence-electron chi connectivity index (χ2n) is 6.80. The molecule has 1 aliphatic rings. The van der Waals surface area contributed by atoms with Crippen LogP contribution in [0.25, 0.3) is 0 Å². The lowest BCUT2D eigenvalue weighted by Gasteiger charge is -2.39. The van der Waals surface area contributed by atoms with Crippen LogP contribution in [0.2, 0.25) is 0 Å². The largest absolute Gasteiger partial charge is 0.314 e. The topological polar surface area (TPSA) is 12.0 Å². The van der Waals surface area contributed by atoms with Gasteiger partial charge in [-0.15, -0.1) is 11.3 Å². The van der Waals surface area contributed by atoms with E-state index in [4.69, 9.17) is 0 Å². The molecule has 0 radical (unpaired) electrons. The molecule has 0 bridgehead atoms. The summed E-state index contributed by atoms with van der Waals surface area (Å²) in [5.41, 5.74) is 0.536. The smallest absolute Gasteiger partial charge is 0.0701 e. The highest BCUT2D eigenvalue weighted by atomic mass is 79.9. The molecule has 0 atom stereocenters. The number of rotatable bonds is 6. The zero-order valence-electron chi connectivity index (χ0n) is 13.0. The Bertz CT molecular complexity index is 405. The predicted octanol–water partition coefficient (Wildman–Crippen LogP) is 5.64. The molecule has 3 heteroatoms. The molecule has 0 amide bonds. The van der Waals surface area contributed by atoms with Gasteiger partial charge in [-0.05, 0) is 71.5 Å². The standard InChI is InChI=1S/C17H28BrNS/c1-4-17(2,3)13-5-7-14(8-6-13)19-12-11-15-9-10-16(18)20-15/h9-10,13-14,19H,4-8,11-12H2,1-3H3. The van der Waals surface area contributed by atoms with Gasteiger partial charge in [0.15, 0.2) is 0 Å². The molecule has 1 nitrogen and oxygen atoms in total. The minimum Gasteiger partial charge on any atom is -0.314 e. The van der Waals surface area contributed by atoms with Crippen LogP contribution < -0.4 is 5.32 Å². The number of hydrogen-bond acceptors (Lipinski definition) is 2. The van der Waals surface area contributed by atoms with E-state index in [1.54, 1.807) is 0 Å². The number of nitrogens with one attached hydrogen (secondary N) is 1. The van der Waals surface area contributed by atoms with Crippen molar-refractivity contribution in [2.45, 2.75) is 65.3 Å². The van der Waals surface area contributed by atoms with Crippen LogP contribution in [0.15, 0.2) is 15.9 Å². The fraction of sp³-hybridized carbons (Fsp3) is 0.765. The highest BCUT2D eigenvalue weighted by Gasteiger charge is 2.31. The lowest BCUT2D eigenvalue weighted by molar-refractivity contribution is 0.137. The molecule has 1 N–H and O–H groups in total. The third kappa shape index (κ3) is 4.57. The van der Waals surface area contributed by atoms with Gasteiger partial charge in [0.2, 0.25) is 0 Å². The Kier molecular flexibility index (Phi) is 6.12. The van der Waals surface area contributed by atoms with Crippen molar-refractivity contribution < 1.29 is 0 Å². The summed E-state index contributed by atoms with van der Waals surface area (Å²) < 4.78 is 1.25. The van der Waals surface area contributed by atoms with Gasteiger partial charge in [0, 0.05) is 17.5 Å². The van der Waals surface area contributed by atoms with Crippen LogP contribution in [0, 0.1) is 11.3 Å². The fourth-order valence-electron chi connectivity index (χ4n) is 3.25. The average molecular weight is 358 g/mol. The van der Waals surface area contributed by atoms with Crippen molar-refractivity contribution in [3.05, 3.63) is 20.8 Å². The highest BCUT2D eigenvalue weighted by molar-refractivity contribution is 9.11. The van der Waals surface area contributed by atoms with Gasteiger partial charge in [-0.25, -0.2) is 0 Å². The molecule has 1 fully saturated rings. The monoisotopic (exact) mass is 357 g/mol. The Morgan fingerprint density at radius 1 is 1.25 bits per heavy atom. The van der Waals surface area contributed by atoms with Gasteiger partial charge in [-0.1, -0.05) is 27.2 Å². The van der Waals surface area contributed by atoms with Gasteiger partial charge in [-0.2, -0.15) is 0 Å². The summed E-state index contributed by atoms with van der Waals surface area (Å²) in [5, 5.41) is 3.76. The van der Waals surface area contributed by atoms with E-state index >= 15 is 0 Å². The maximum atomic E-state index is 3.76. The molecule has 1 heterocycles. The van der Waals surface area contributed by atoms with E-state index < -0.39 is 0 Å². The zero-order chi connectivity index (χ0) is 14.6. The first-order chi connectivity index (χ1) is 9.51. The molecule has 0 unspecified atom stereocenters. The van der Waals surface area contributed by atoms with Crippen molar-refractivity contribution in [1.82, 2.24) is 5.32 Å². The van der Waals surface area contributed by atoms with E-state index in [1.807, 2.05) is 11.3 Å². The summed E-state index contributed by atoms with van der Waals surface area (Å²) in [4.78, 5) is 1.48. The molecule has 1 aromatic rings.